The second-order valence-corrected chi connectivity index (χ2v) is 8.72. The monoisotopic (exact) mass is 383 g/mol. The number of fused-ring (bicyclic) bond motifs is 2. The van der Waals surface area contributed by atoms with E-state index in [1.807, 2.05) is 17.8 Å². The van der Waals surface area contributed by atoms with E-state index in [0.29, 0.717) is 11.0 Å². The van der Waals surface area contributed by atoms with Crippen molar-refractivity contribution in [3.05, 3.63) is 48.0 Å². The van der Waals surface area contributed by atoms with Gasteiger partial charge in [0, 0.05) is 27.9 Å². The first kappa shape index (κ1) is 17.8. The van der Waals surface area contributed by atoms with Crippen LogP contribution in [-0.4, -0.2) is 35.6 Å². The summed E-state index contributed by atoms with van der Waals surface area (Å²) in [5.74, 6) is 0. The summed E-state index contributed by atoms with van der Waals surface area (Å²) in [7, 11) is 0. The highest BCUT2D eigenvalue weighted by Crippen LogP contribution is 2.49. The van der Waals surface area contributed by atoms with Gasteiger partial charge in [-0.3, -0.25) is 0 Å². The maximum Gasteiger partial charge on any atom is 0.104 e. The molecular weight excluding hydrogens is 358 g/mol. The number of hydrogen-bond acceptors (Lipinski definition) is 4. The van der Waals surface area contributed by atoms with E-state index in [1.165, 1.54) is 53.5 Å². The van der Waals surface area contributed by atoms with Gasteiger partial charge in [0.25, 0.3) is 0 Å². The molecule has 0 aromatic heterocycles. The highest BCUT2D eigenvalue weighted by atomic mass is 32.2. The smallest absolute Gasteiger partial charge is 0.104 e. The Morgan fingerprint density at radius 1 is 1.08 bits per heavy atom. The largest absolute Gasteiger partial charge is 0.389 e. The summed E-state index contributed by atoms with van der Waals surface area (Å²) in [6.07, 6.45) is 4.01. The zero-order chi connectivity index (χ0) is 18.1. The van der Waals surface area contributed by atoms with Crippen LogP contribution in [0.15, 0.2) is 52.3 Å². The number of nitrogens with zero attached hydrogens (tertiary/aromatic N) is 2. The third-order valence-corrected chi connectivity index (χ3v) is 6.63. The standard InChI is InChI=1S/C21H25N3S2/c1-15(14-23-11-5-2-6-12-23)24-17-7-3-4-8-19(17)26-20-10-9-16(21(22)25)13-18(20)24/h3-4,7-10,13,15H,2,5-6,11-12,14H2,1H3,(H2,22,25). The molecule has 1 unspecified atom stereocenters. The van der Waals surface area contributed by atoms with Crippen LogP contribution in [0.3, 0.4) is 0 Å². The number of anilines is 2. The van der Waals surface area contributed by atoms with Crippen LogP contribution in [0.2, 0.25) is 0 Å². The third-order valence-electron chi connectivity index (χ3n) is 5.26. The summed E-state index contributed by atoms with van der Waals surface area (Å²) in [5, 5.41) is 0. The Labute approximate surface area is 165 Å². The van der Waals surface area contributed by atoms with E-state index in [4.69, 9.17) is 18.0 Å². The third kappa shape index (κ3) is 3.48. The fourth-order valence-corrected chi connectivity index (χ4v) is 5.19. The summed E-state index contributed by atoms with van der Waals surface area (Å²) in [6, 6.07) is 15.4. The molecule has 0 aliphatic carbocycles. The van der Waals surface area contributed by atoms with Crippen LogP contribution in [0.4, 0.5) is 11.4 Å². The molecule has 1 saturated heterocycles. The molecule has 2 heterocycles. The Morgan fingerprint density at radius 2 is 1.81 bits per heavy atom. The molecule has 2 aliphatic rings. The lowest BCUT2D eigenvalue weighted by Gasteiger charge is -2.40. The molecule has 4 rings (SSSR count). The van der Waals surface area contributed by atoms with Crippen molar-refractivity contribution >= 4 is 40.3 Å². The van der Waals surface area contributed by atoms with Crippen molar-refractivity contribution < 1.29 is 0 Å². The van der Waals surface area contributed by atoms with Gasteiger partial charge in [-0.1, -0.05) is 48.6 Å². The van der Waals surface area contributed by atoms with Crippen LogP contribution in [0.1, 0.15) is 31.7 Å². The molecule has 0 saturated carbocycles. The average Bonchev–Trinajstić information content (AvgIpc) is 2.66. The van der Waals surface area contributed by atoms with Gasteiger partial charge in [-0.2, -0.15) is 0 Å². The van der Waals surface area contributed by atoms with Gasteiger partial charge < -0.3 is 15.5 Å². The Morgan fingerprint density at radius 3 is 2.58 bits per heavy atom. The van der Waals surface area contributed by atoms with Crippen LogP contribution in [-0.2, 0) is 0 Å². The van der Waals surface area contributed by atoms with Crippen LogP contribution in [0, 0.1) is 0 Å². The lowest BCUT2D eigenvalue weighted by molar-refractivity contribution is 0.219. The summed E-state index contributed by atoms with van der Waals surface area (Å²) >= 11 is 7.06. The number of hydrogen-bond donors (Lipinski definition) is 1. The van der Waals surface area contributed by atoms with Crippen molar-refractivity contribution in [3.63, 3.8) is 0 Å². The second-order valence-electron chi connectivity index (χ2n) is 7.20. The number of benzene rings is 2. The first-order chi connectivity index (χ1) is 12.6. The fraction of sp³-hybridized carbons (Fsp3) is 0.381. The molecule has 2 N–H and O–H groups in total. The molecule has 1 atom stereocenters. The van der Waals surface area contributed by atoms with Gasteiger partial charge in [0.1, 0.15) is 4.99 Å². The van der Waals surface area contributed by atoms with Crippen molar-refractivity contribution in [1.29, 1.82) is 0 Å². The molecule has 3 nitrogen and oxygen atoms in total. The summed E-state index contributed by atoms with van der Waals surface area (Å²) < 4.78 is 0. The molecule has 5 heteroatoms. The van der Waals surface area contributed by atoms with E-state index in [0.717, 1.165) is 12.1 Å². The Bertz CT molecular complexity index is 815. The molecule has 1 fully saturated rings. The van der Waals surface area contributed by atoms with E-state index < -0.39 is 0 Å². The van der Waals surface area contributed by atoms with E-state index in [9.17, 15) is 0 Å². The number of nitrogens with two attached hydrogens (primary N) is 1. The quantitative estimate of drug-likeness (QED) is 0.767. The molecular formula is C21H25N3S2. The number of thiocarbonyl (C=S) groups is 1. The van der Waals surface area contributed by atoms with Crippen LogP contribution >= 0.6 is 24.0 Å². The molecule has 0 amide bonds. The zero-order valence-electron chi connectivity index (χ0n) is 15.1. The van der Waals surface area contributed by atoms with Gasteiger partial charge >= 0.3 is 0 Å². The van der Waals surface area contributed by atoms with Gasteiger partial charge in [-0.15, -0.1) is 0 Å². The van der Waals surface area contributed by atoms with Gasteiger partial charge in [0.05, 0.1) is 11.4 Å². The number of para-hydroxylation sites is 1. The van der Waals surface area contributed by atoms with E-state index >= 15 is 0 Å². The molecule has 0 radical (unpaired) electrons. The van der Waals surface area contributed by atoms with Gasteiger partial charge in [0.15, 0.2) is 0 Å². The Kier molecular flexibility index (Phi) is 5.20. The molecule has 2 aromatic rings. The zero-order valence-corrected chi connectivity index (χ0v) is 16.8. The predicted octanol–water partition coefficient (Wildman–Crippen LogP) is 4.80. The molecule has 0 bridgehead atoms. The van der Waals surface area contributed by atoms with Crippen LogP contribution < -0.4 is 10.6 Å². The van der Waals surface area contributed by atoms with Gasteiger partial charge in [-0.25, -0.2) is 0 Å². The SMILES string of the molecule is CC(CN1CCCCC1)N1c2ccccc2Sc2ccc(C(N)=S)cc21. The average molecular weight is 384 g/mol. The summed E-state index contributed by atoms with van der Waals surface area (Å²) in [4.78, 5) is 8.13. The minimum Gasteiger partial charge on any atom is -0.389 e. The highest BCUT2D eigenvalue weighted by Gasteiger charge is 2.28. The Hall–Kier alpha value is -1.56. The van der Waals surface area contributed by atoms with E-state index in [2.05, 4.69) is 53.1 Å². The number of likely N-dealkylation sites (tertiary alicyclic amines) is 1. The first-order valence-electron chi connectivity index (χ1n) is 9.36. The maximum absolute atomic E-state index is 5.91. The topological polar surface area (TPSA) is 32.5 Å². The van der Waals surface area contributed by atoms with Gasteiger partial charge in [-0.05, 0) is 57.1 Å². The lowest BCUT2D eigenvalue weighted by Crippen LogP contribution is -2.43. The second kappa shape index (κ2) is 7.59. The minimum absolute atomic E-state index is 0.385. The molecule has 0 spiro atoms. The molecule has 2 aromatic carbocycles. The molecule has 136 valence electrons. The van der Waals surface area contributed by atoms with Crippen molar-refractivity contribution in [1.82, 2.24) is 4.90 Å². The Balaban J connectivity index is 1.71. The molecule has 2 aliphatic heterocycles. The first-order valence-corrected chi connectivity index (χ1v) is 10.6. The minimum atomic E-state index is 0.385. The lowest BCUT2D eigenvalue weighted by atomic mass is 10.1. The summed E-state index contributed by atoms with van der Waals surface area (Å²) in [5.41, 5.74) is 9.36. The highest BCUT2D eigenvalue weighted by molar-refractivity contribution is 7.99. The fourth-order valence-electron chi connectivity index (χ4n) is 4.01. The van der Waals surface area contributed by atoms with E-state index in [-0.39, 0.29) is 0 Å². The number of rotatable bonds is 4. The predicted molar refractivity (Wildman–Crippen MR) is 115 cm³/mol. The van der Waals surface area contributed by atoms with Crippen molar-refractivity contribution in [2.24, 2.45) is 5.73 Å². The van der Waals surface area contributed by atoms with Crippen molar-refractivity contribution in [2.75, 3.05) is 24.5 Å². The van der Waals surface area contributed by atoms with Crippen molar-refractivity contribution in [2.45, 2.75) is 42.0 Å². The normalized spacial score (nSPS) is 18.1. The summed E-state index contributed by atoms with van der Waals surface area (Å²) in [6.45, 7) is 5.84. The van der Waals surface area contributed by atoms with Crippen LogP contribution in [0.25, 0.3) is 0 Å². The van der Waals surface area contributed by atoms with E-state index in [1.54, 1.807) is 0 Å². The van der Waals surface area contributed by atoms with Crippen molar-refractivity contribution in [3.8, 4) is 0 Å². The molecule has 26 heavy (non-hydrogen) atoms. The number of piperidine rings is 1. The maximum atomic E-state index is 5.91. The van der Waals surface area contributed by atoms with Gasteiger partial charge in [0.2, 0.25) is 0 Å². The van der Waals surface area contributed by atoms with Crippen LogP contribution in [0.5, 0.6) is 0 Å².